The Morgan fingerprint density at radius 3 is 1.11 bits per heavy atom. The predicted octanol–water partition coefficient (Wildman–Crippen LogP) is 0.103. The number of ether oxygens (including phenoxy) is 4. The molecular weight excluding hydrogens is 748 g/mol. The molecule has 0 N–H and O–H groups in total. The van der Waals surface area contributed by atoms with Crippen molar-refractivity contribution in [3.63, 3.8) is 0 Å². The molecule has 0 atom stereocenters. The van der Waals surface area contributed by atoms with E-state index in [-0.39, 0.29) is 92.0 Å². The molecule has 0 saturated carbocycles. The van der Waals surface area contributed by atoms with E-state index < -0.39 is 11.8 Å². The minimum absolute atomic E-state index is 0. The molecule has 4 aromatic carbocycles. The summed E-state index contributed by atoms with van der Waals surface area (Å²) in [5.74, 6) is 0.408. The van der Waals surface area contributed by atoms with Crippen molar-refractivity contribution in [2.24, 2.45) is 9.98 Å². The van der Waals surface area contributed by atoms with E-state index in [2.05, 4.69) is 19.9 Å². The summed E-state index contributed by atoms with van der Waals surface area (Å²) in [6.07, 6.45) is 0. The summed E-state index contributed by atoms with van der Waals surface area (Å²) in [6.45, 7) is 0. The first-order chi connectivity index (χ1) is 20.4. The summed E-state index contributed by atoms with van der Waals surface area (Å²) in [6, 6.07) is 23.2. The Hall–Kier alpha value is -4.36. The third-order valence-electron chi connectivity index (χ3n) is 5.66. The quantitative estimate of drug-likeness (QED) is 0.105. The van der Waals surface area contributed by atoms with Gasteiger partial charge in [0.05, 0.1) is 40.6 Å². The molecule has 4 aromatic rings. The average Bonchev–Trinajstić information content (AvgIpc) is 3.05. The first kappa shape index (κ1) is 47.1. The molecule has 0 bridgehead atoms. The van der Waals surface area contributed by atoms with Crippen molar-refractivity contribution in [2.75, 3.05) is 28.4 Å². The third-order valence-corrected chi connectivity index (χ3v) is 5.66. The van der Waals surface area contributed by atoms with Crippen LogP contribution < -0.4 is 54.0 Å². The number of benzene rings is 4. The Bertz CT molecular complexity index is 1560. The average molecular weight is 776 g/mol. The monoisotopic (exact) mass is 772 g/mol. The molecule has 0 fully saturated rings. The van der Waals surface area contributed by atoms with Gasteiger partial charge in [-0.05, 0) is 22.9 Å². The van der Waals surface area contributed by atoms with Crippen LogP contribution in [-0.4, -0.2) is 40.2 Å². The second kappa shape index (κ2) is 23.9. The van der Waals surface area contributed by atoms with Gasteiger partial charge in [-0.25, -0.2) is 0 Å². The molecule has 0 amide bonds. The van der Waals surface area contributed by atoms with E-state index in [1.54, 1.807) is 48.5 Å². The van der Waals surface area contributed by atoms with Gasteiger partial charge in [0.2, 0.25) is 22.3 Å². The van der Waals surface area contributed by atoms with Crippen molar-refractivity contribution in [2.45, 2.75) is 0 Å². The van der Waals surface area contributed by atoms with E-state index in [9.17, 15) is 10.2 Å². The Labute approximate surface area is 309 Å². The Morgan fingerprint density at radius 2 is 0.851 bits per heavy atom. The van der Waals surface area contributed by atoms with Crippen LogP contribution >= 0.6 is 24.8 Å². The number of methoxy groups -OCH3 is 4. The first-order valence-corrected chi connectivity index (χ1v) is 12.2. The number of nitrogens with zero attached hydrogens (tertiary/aromatic N) is 6. The Morgan fingerprint density at radius 1 is 0.553 bits per heavy atom. The molecule has 0 aliphatic carbocycles. The molecule has 0 aliphatic heterocycles. The Balaban J connectivity index is -0.000000745. The molecule has 4 rings (SSSR count). The van der Waals surface area contributed by atoms with Crippen LogP contribution in [0.5, 0.6) is 23.0 Å². The fourth-order valence-corrected chi connectivity index (χ4v) is 3.57. The van der Waals surface area contributed by atoms with E-state index in [4.69, 9.17) is 29.7 Å². The molecule has 47 heavy (non-hydrogen) atoms. The van der Waals surface area contributed by atoms with Crippen LogP contribution in [0.25, 0.3) is 9.95 Å². The van der Waals surface area contributed by atoms with Crippen LogP contribution in [-0.2, 0) is 19.5 Å². The smallest absolute Gasteiger partial charge is 1.00 e. The van der Waals surface area contributed by atoms with Gasteiger partial charge in [-0.3, -0.25) is 9.98 Å². The number of rotatable bonds is 8. The summed E-state index contributed by atoms with van der Waals surface area (Å²) in [7, 11) is 5.74. The van der Waals surface area contributed by atoms with Crippen molar-refractivity contribution in [1.82, 2.24) is 0 Å². The summed E-state index contributed by atoms with van der Waals surface area (Å²) < 4.78 is 20.5. The minimum Gasteiger partial charge on any atom is -1.00 e. The van der Waals surface area contributed by atoms with Gasteiger partial charge < -0.3 is 54.0 Å². The zero-order chi connectivity index (χ0) is 30.5. The molecule has 0 radical (unpaired) electrons. The second-order valence-corrected chi connectivity index (χ2v) is 8.16. The van der Waals surface area contributed by atoms with Crippen molar-refractivity contribution in [3.8, 4) is 23.0 Å². The summed E-state index contributed by atoms with van der Waals surface area (Å²) in [4.78, 5) is 14.2. The van der Waals surface area contributed by atoms with Crippen LogP contribution in [0.1, 0.15) is 11.1 Å². The maximum atomic E-state index is 12.1. The Kier molecular flexibility index (Phi) is 23.9. The number of hydrogen-bond donors (Lipinski definition) is 0. The van der Waals surface area contributed by atoms with E-state index >= 15 is 0 Å². The predicted molar refractivity (Wildman–Crippen MR) is 168 cm³/mol. The normalized spacial score (nSPS) is 9.66. The van der Waals surface area contributed by atoms with Gasteiger partial charge >= 0.3 is 30.9 Å². The van der Waals surface area contributed by atoms with Crippen molar-refractivity contribution >= 4 is 59.4 Å². The number of diazo groups is 2. The molecule has 0 unspecified atom stereocenters. The van der Waals surface area contributed by atoms with Gasteiger partial charge in [0.25, 0.3) is 0 Å². The van der Waals surface area contributed by atoms with E-state index in [0.717, 1.165) is 0 Å². The summed E-state index contributed by atoms with van der Waals surface area (Å²) in [5, 5.41) is 42.0. The molecule has 12 nitrogen and oxygen atoms in total. The number of hydrogen-bond acceptors (Lipinski definition) is 10. The van der Waals surface area contributed by atoms with Crippen LogP contribution in [0.4, 0.5) is 22.7 Å². The van der Waals surface area contributed by atoms with Gasteiger partial charge in [-0.2, -0.15) is 0 Å². The van der Waals surface area contributed by atoms with Gasteiger partial charge in [0, 0.05) is 12.1 Å². The zero-order valence-corrected chi connectivity index (χ0v) is 31.6. The number of aliphatic imine (C=N–C) groups is 2. The van der Waals surface area contributed by atoms with Gasteiger partial charge in [-0.15, -0.1) is 24.8 Å². The standard InChI is InChI=1S/2C15H13N3O3.4ClH.Zn/c2*1-20-13-9-12(18-16)14(21-2)8-11(13)17-15(19)10-6-4-3-5-7-10;;;;;/h2*3-9H,1-2H3;4*1H;/q;;;;;;+2/p-2. The SMILES string of the molecule is COc1cc([N+]#N)c(OC)cc1N=C([O-])c1ccccc1.COc1cc([N+]#N)c(OC)cc1N=C([O-])c1ccccc1.Cl.Cl.[Cl-].[Cl-].[Zn+2]. The first-order valence-electron chi connectivity index (χ1n) is 12.2. The van der Waals surface area contributed by atoms with Crippen LogP contribution in [0.15, 0.2) is 94.9 Å². The largest absolute Gasteiger partial charge is 2.00 e. The molecule has 17 heteroatoms. The fourth-order valence-electron chi connectivity index (χ4n) is 3.57. The van der Waals surface area contributed by atoms with E-state index in [1.165, 1.54) is 52.7 Å². The van der Waals surface area contributed by atoms with Crippen LogP contribution in [0.3, 0.4) is 0 Å². The molecule has 244 valence electrons. The van der Waals surface area contributed by atoms with Crippen molar-refractivity contribution in [3.05, 3.63) is 106 Å². The van der Waals surface area contributed by atoms with Crippen molar-refractivity contribution in [1.29, 1.82) is 10.8 Å². The zero-order valence-electron chi connectivity index (χ0n) is 25.5. The summed E-state index contributed by atoms with van der Waals surface area (Å²) in [5.41, 5.74) is 1.93. The topological polar surface area (TPSA) is 164 Å². The maximum absolute atomic E-state index is 12.1. The van der Waals surface area contributed by atoms with Gasteiger partial charge in [-0.1, -0.05) is 60.7 Å². The van der Waals surface area contributed by atoms with Crippen LogP contribution in [0.2, 0.25) is 0 Å². The molecule has 0 heterocycles. The fraction of sp³-hybridized carbons (Fsp3) is 0.133. The third kappa shape index (κ3) is 12.8. The molecular formula is C30H28Cl4N6O6Zn. The molecule has 0 aromatic heterocycles. The summed E-state index contributed by atoms with van der Waals surface area (Å²) >= 11 is 0. The van der Waals surface area contributed by atoms with E-state index in [0.29, 0.717) is 34.0 Å². The van der Waals surface area contributed by atoms with Gasteiger partial charge in [0.15, 0.2) is 21.5 Å². The van der Waals surface area contributed by atoms with Crippen LogP contribution in [0, 0.1) is 10.8 Å². The van der Waals surface area contributed by atoms with Gasteiger partial charge in [0.1, 0.15) is 11.4 Å². The molecule has 0 spiro atoms. The minimum atomic E-state index is -0.398. The van der Waals surface area contributed by atoms with E-state index in [1.807, 2.05) is 12.1 Å². The maximum Gasteiger partial charge on any atom is 2.00 e. The molecule has 0 aliphatic rings. The molecule has 0 saturated heterocycles. The second-order valence-electron chi connectivity index (χ2n) is 8.16. The number of halogens is 4. The van der Waals surface area contributed by atoms with Crippen molar-refractivity contribution < 1.29 is 73.5 Å².